The molecule has 0 saturated heterocycles. The number of pyridine rings is 2. The van der Waals surface area contributed by atoms with E-state index in [0.29, 0.717) is 26.9 Å². The third kappa shape index (κ3) is 3.61. The molecular formula is C22H17Cl2N3O. The molecule has 2 N–H and O–H groups in total. The van der Waals surface area contributed by atoms with Gasteiger partial charge in [-0.1, -0.05) is 53.5 Å². The van der Waals surface area contributed by atoms with Crippen molar-refractivity contribution in [1.29, 1.82) is 0 Å². The van der Waals surface area contributed by atoms with E-state index in [9.17, 15) is 5.11 Å². The lowest BCUT2D eigenvalue weighted by Crippen LogP contribution is -2.14. The highest BCUT2D eigenvalue weighted by molar-refractivity contribution is 6.35. The highest BCUT2D eigenvalue weighted by Gasteiger charge is 2.22. The number of anilines is 1. The van der Waals surface area contributed by atoms with Gasteiger partial charge in [0.25, 0.3) is 0 Å². The number of nitrogens with one attached hydrogen (secondary N) is 1. The summed E-state index contributed by atoms with van der Waals surface area (Å²) >= 11 is 12.6. The van der Waals surface area contributed by atoms with Crippen molar-refractivity contribution in [1.82, 2.24) is 9.97 Å². The van der Waals surface area contributed by atoms with Crippen LogP contribution in [-0.2, 0) is 0 Å². The SMILES string of the molecule is Cc1cccc(NC(c2ccc(Cl)cc2Cl)c2ccc3cccnc3c2O)n1. The Hall–Kier alpha value is -2.82. The van der Waals surface area contributed by atoms with Crippen LogP contribution in [0.15, 0.2) is 66.9 Å². The average molecular weight is 410 g/mol. The molecule has 4 aromatic rings. The number of hydrogen-bond donors (Lipinski definition) is 2. The quantitative estimate of drug-likeness (QED) is 0.424. The lowest BCUT2D eigenvalue weighted by atomic mass is 9.96. The van der Waals surface area contributed by atoms with E-state index < -0.39 is 6.04 Å². The number of phenolic OH excluding ortho intramolecular Hbond substituents is 1. The monoisotopic (exact) mass is 409 g/mol. The van der Waals surface area contributed by atoms with Crippen LogP contribution in [-0.4, -0.2) is 15.1 Å². The zero-order valence-corrected chi connectivity index (χ0v) is 16.5. The fourth-order valence-electron chi connectivity index (χ4n) is 3.21. The van der Waals surface area contributed by atoms with Crippen LogP contribution in [0.1, 0.15) is 22.9 Å². The van der Waals surface area contributed by atoms with Gasteiger partial charge in [-0.25, -0.2) is 4.98 Å². The van der Waals surface area contributed by atoms with Crippen LogP contribution in [0.25, 0.3) is 10.9 Å². The second-order valence-electron chi connectivity index (χ2n) is 6.49. The zero-order chi connectivity index (χ0) is 19.7. The standard InChI is InChI=1S/C22H17Cl2N3O/c1-13-4-2-6-19(26-13)27-21(16-10-8-15(23)12-18(16)24)17-9-7-14-5-3-11-25-20(14)22(17)28/h2-12,21,28H,1H3,(H,26,27). The maximum Gasteiger partial charge on any atom is 0.147 e. The van der Waals surface area contributed by atoms with E-state index in [1.165, 1.54) is 0 Å². The van der Waals surface area contributed by atoms with Gasteiger partial charge in [0, 0.05) is 32.9 Å². The molecule has 0 aliphatic heterocycles. The lowest BCUT2D eigenvalue weighted by molar-refractivity contribution is 0.471. The molecule has 2 aromatic heterocycles. The van der Waals surface area contributed by atoms with Gasteiger partial charge >= 0.3 is 0 Å². The number of fused-ring (bicyclic) bond motifs is 1. The fourth-order valence-corrected chi connectivity index (χ4v) is 3.73. The molecule has 0 amide bonds. The number of rotatable bonds is 4. The number of nitrogens with zero attached hydrogens (tertiary/aromatic N) is 2. The zero-order valence-electron chi connectivity index (χ0n) is 15.0. The van der Waals surface area contributed by atoms with E-state index in [0.717, 1.165) is 16.6 Å². The first kappa shape index (κ1) is 18.5. The minimum Gasteiger partial charge on any atom is -0.505 e. The third-order valence-electron chi connectivity index (χ3n) is 4.54. The van der Waals surface area contributed by atoms with E-state index in [-0.39, 0.29) is 5.75 Å². The van der Waals surface area contributed by atoms with Crippen LogP contribution < -0.4 is 5.32 Å². The molecule has 2 heterocycles. The van der Waals surface area contributed by atoms with Gasteiger partial charge in [-0.05, 0) is 42.8 Å². The number of hydrogen-bond acceptors (Lipinski definition) is 4. The molecule has 1 unspecified atom stereocenters. The van der Waals surface area contributed by atoms with Crippen molar-refractivity contribution in [2.24, 2.45) is 0 Å². The van der Waals surface area contributed by atoms with Crippen molar-refractivity contribution in [2.75, 3.05) is 5.32 Å². The maximum absolute atomic E-state index is 11.0. The van der Waals surface area contributed by atoms with Crippen molar-refractivity contribution < 1.29 is 5.11 Å². The van der Waals surface area contributed by atoms with Gasteiger partial charge in [0.2, 0.25) is 0 Å². The summed E-state index contributed by atoms with van der Waals surface area (Å²) < 4.78 is 0. The number of aromatic nitrogens is 2. The Morgan fingerprint density at radius 1 is 0.964 bits per heavy atom. The summed E-state index contributed by atoms with van der Waals surface area (Å²) in [6, 6.07) is 18.1. The fraction of sp³-hybridized carbons (Fsp3) is 0.0909. The second kappa shape index (κ2) is 7.66. The Bertz CT molecular complexity index is 1160. The minimum atomic E-state index is -0.439. The van der Waals surface area contributed by atoms with Gasteiger partial charge in [0.15, 0.2) is 0 Å². The number of aromatic hydroxyl groups is 1. The van der Waals surface area contributed by atoms with Crippen molar-refractivity contribution in [2.45, 2.75) is 13.0 Å². The molecule has 0 aliphatic rings. The van der Waals surface area contributed by atoms with Gasteiger partial charge < -0.3 is 10.4 Å². The summed E-state index contributed by atoms with van der Waals surface area (Å²) in [6.07, 6.45) is 1.66. The summed E-state index contributed by atoms with van der Waals surface area (Å²) in [6.45, 7) is 1.92. The molecule has 0 bridgehead atoms. The predicted molar refractivity (Wildman–Crippen MR) is 114 cm³/mol. The topological polar surface area (TPSA) is 58.0 Å². The van der Waals surface area contributed by atoms with Crippen molar-refractivity contribution in [3.05, 3.63) is 93.7 Å². The number of phenols is 1. The Morgan fingerprint density at radius 2 is 1.79 bits per heavy atom. The van der Waals surface area contributed by atoms with E-state index in [1.54, 1.807) is 18.3 Å². The molecule has 0 saturated carbocycles. The smallest absolute Gasteiger partial charge is 0.147 e. The molecule has 6 heteroatoms. The average Bonchev–Trinajstić information content (AvgIpc) is 2.67. The maximum atomic E-state index is 11.0. The molecule has 4 nitrogen and oxygen atoms in total. The Morgan fingerprint density at radius 3 is 2.57 bits per heavy atom. The van der Waals surface area contributed by atoms with E-state index in [4.69, 9.17) is 23.2 Å². The van der Waals surface area contributed by atoms with Crippen LogP contribution >= 0.6 is 23.2 Å². The van der Waals surface area contributed by atoms with E-state index in [2.05, 4.69) is 15.3 Å². The van der Waals surface area contributed by atoms with Crippen molar-refractivity contribution >= 4 is 39.9 Å². The molecule has 140 valence electrons. The Balaban J connectivity index is 1.88. The van der Waals surface area contributed by atoms with E-state index in [1.807, 2.05) is 55.5 Å². The van der Waals surface area contributed by atoms with Crippen LogP contribution in [0.5, 0.6) is 5.75 Å². The summed E-state index contributed by atoms with van der Waals surface area (Å²) in [5, 5.41) is 16.3. The van der Waals surface area contributed by atoms with Gasteiger partial charge in [-0.2, -0.15) is 0 Å². The molecule has 28 heavy (non-hydrogen) atoms. The lowest BCUT2D eigenvalue weighted by Gasteiger charge is -2.23. The largest absolute Gasteiger partial charge is 0.505 e. The first-order valence-corrected chi connectivity index (χ1v) is 9.50. The highest BCUT2D eigenvalue weighted by atomic mass is 35.5. The number of benzene rings is 2. The Kier molecular flexibility index (Phi) is 5.07. The minimum absolute atomic E-state index is 0.106. The summed E-state index contributed by atoms with van der Waals surface area (Å²) in [4.78, 5) is 8.85. The van der Waals surface area contributed by atoms with E-state index >= 15 is 0 Å². The highest BCUT2D eigenvalue weighted by Crippen LogP contribution is 2.39. The van der Waals surface area contributed by atoms with Crippen molar-refractivity contribution in [3.8, 4) is 5.75 Å². The van der Waals surface area contributed by atoms with Gasteiger partial charge in [-0.3, -0.25) is 4.98 Å². The molecule has 0 radical (unpaired) electrons. The summed E-state index contributed by atoms with van der Waals surface area (Å²) in [5.74, 6) is 0.783. The molecular weight excluding hydrogens is 393 g/mol. The van der Waals surface area contributed by atoms with Gasteiger partial charge in [0.05, 0.1) is 6.04 Å². The molecule has 1 atom stereocenters. The molecule has 0 fully saturated rings. The normalized spacial score (nSPS) is 12.1. The summed E-state index contributed by atoms with van der Waals surface area (Å²) in [5.41, 5.74) is 2.85. The first-order valence-electron chi connectivity index (χ1n) is 8.74. The molecule has 0 spiro atoms. The number of halogens is 2. The molecule has 4 rings (SSSR count). The first-order chi connectivity index (χ1) is 13.5. The second-order valence-corrected chi connectivity index (χ2v) is 7.33. The van der Waals surface area contributed by atoms with Crippen LogP contribution in [0.3, 0.4) is 0 Å². The number of aryl methyl sites for hydroxylation is 1. The van der Waals surface area contributed by atoms with Gasteiger partial charge in [-0.15, -0.1) is 0 Å². The predicted octanol–water partition coefficient (Wildman–Crippen LogP) is 6.15. The van der Waals surface area contributed by atoms with Crippen LogP contribution in [0, 0.1) is 6.92 Å². The van der Waals surface area contributed by atoms with Crippen molar-refractivity contribution in [3.63, 3.8) is 0 Å². The molecule has 2 aromatic carbocycles. The van der Waals surface area contributed by atoms with Crippen LogP contribution in [0.2, 0.25) is 10.0 Å². The van der Waals surface area contributed by atoms with Crippen LogP contribution in [0.4, 0.5) is 5.82 Å². The van der Waals surface area contributed by atoms with Gasteiger partial charge in [0.1, 0.15) is 17.1 Å². The molecule has 0 aliphatic carbocycles. The third-order valence-corrected chi connectivity index (χ3v) is 5.11. The Labute approximate surface area is 172 Å². The summed E-state index contributed by atoms with van der Waals surface area (Å²) in [7, 11) is 0.